The van der Waals surface area contributed by atoms with Crippen LogP contribution in [0.1, 0.15) is 0 Å². The molecule has 9 nitrogen and oxygen atoms in total. The Balaban J connectivity index is 2.80. The van der Waals surface area contributed by atoms with Crippen LogP contribution < -0.4 is 10.6 Å². The summed E-state index contributed by atoms with van der Waals surface area (Å²) in [6, 6.07) is 0.206. The van der Waals surface area contributed by atoms with E-state index in [1.807, 2.05) is 10.6 Å². The minimum absolute atomic E-state index is 0.291. The molecule has 0 spiro atoms. The highest BCUT2D eigenvalue weighted by atomic mass is 19.1. The second-order valence-corrected chi connectivity index (χ2v) is 3.87. The number of carboxylic acids is 1. The van der Waals surface area contributed by atoms with Gasteiger partial charge in [0.05, 0.1) is 17.2 Å². The maximum absolute atomic E-state index is 13.4. The molecule has 0 saturated carbocycles. The van der Waals surface area contributed by atoms with Crippen molar-refractivity contribution in [2.75, 3.05) is 19.0 Å². The summed E-state index contributed by atoms with van der Waals surface area (Å²) >= 11 is 0. The van der Waals surface area contributed by atoms with Crippen molar-refractivity contribution in [3.05, 3.63) is 34.1 Å². The number of hydrogen-bond acceptors (Lipinski definition) is 5. The Hall–Kier alpha value is -2.75. The van der Waals surface area contributed by atoms with E-state index in [0.29, 0.717) is 0 Å². The molecular weight excluding hydrogens is 289 g/mol. The molecule has 0 saturated heterocycles. The average Bonchev–Trinajstić information content (AvgIpc) is 2.40. The van der Waals surface area contributed by atoms with Crippen LogP contribution in [0.3, 0.4) is 0 Å². The van der Waals surface area contributed by atoms with Crippen molar-refractivity contribution in [1.29, 1.82) is 0 Å². The van der Waals surface area contributed by atoms with Gasteiger partial charge in [-0.1, -0.05) is 0 Å². The molecule has 0 aliphatic rings. The number of methoxy groups -OCH3 is 1. The number of nitrogens with zero attached hydrogens (tertiary/aromatic N) is 1. The quantitative estimate of drug-likeness (QED) is 0.529. The van der Waals surface area contributed by atoms with Crippen LogP contribution in [0.15, 0.2) is 18.2 Å². The zero-order chi connectivity index (χ0) is 16.0. The Morgan fingerprint density at radius 3 is 2.71 bits per heavy atom. The number of carboxylic acid groups (broad SMARTS) is 1. The van der Waals surface area contributed by atoms with Crippen molar-refractivity contribution >= 4 is 23.4 Å². The summed E-state index contributed by atoms with van der Waals surface area (Å²) in [7, 11) is 1.25. The van der Waals surface area contributed by atoms with Crippen molar-refractivity contribution in [3.8, 4) is 0 Å². The first kappa shape index (κ1) is 16.3. The maximum atomic E-state index is 13.4. The molecule has 0 fully saturated rings. The summed E-state index contributed by atoms with van der Waals surface area (Å²) in [6.07, 6.45) is 0. The van der Waals surface area contributed by atoms with Gasteiger partial charge in [-0.3, -0.25) is 10.1 Å². The molecule has 2 amide bonds. The highest BCUT2D eigenvalue weighted by molar-refractivity contribution is 5.92. The third kappa shape index (κ3) is 4.69. The molecule has 114 valence electrons. The van der Waals surface area contributed by atoms with Crippen molar-refractivity contribution in [1.82, 2.24) is 5.32 Å². The van der Waals surface area contributed by atoms with Gasteiger partial charge in [0.15, 0.2) is 6.04 Å². The van der Waals surface area contributed by atoms with Gasteiger partial charge in [-0.25, -0.2) is 14.0 Å². The van der Waals surface area contributed by atoms with E-state index >= 15 is 0 Å². The normalized spacial score (nSPS) is 11.5. The van der Waals surface area contributed by atoms with Crippen LogP contribution in [-0.4, -0.2) is 41.8 Å². The summed E-state index contributed by atoms with van der Waals surface area (Å²) < 4.78 is 18.0. The fourth-order valence-corrected chi connectivity index (χ4v) is 1.38. The molecule has 3 N–H and O–H groups in total. The van der Waals surface area contributed by atoms with Crippen molar-refractivity contribution < 1.29 is 28.7 Å². The van der Waals surface area contributed by atoms with Gasteiger partial charge in [-0.15, -0.1) is 0 Å². The van der Waals surface area contributed by atoms with Gasteiger partial charge < -0.3 is 20.5 Å². The third-order valence-electron chi connectivity index (χ3n) is 2.35. The molecule has 0 aromatic heterocycles. The summed E-state index contributed by atoms with van der Waals surface area (Å²) in [4.78, 5) is 32.2. The second-order valence-electron chi connectivity index (χ2n) is 3.87. The first-order chi connectivity index (χ1) is 9.85. The number of aliphatic carboxylic acids is 1. The standard InChI is InChI=1S/C11H12FN3O6/c1-21-5-9(10(16)17)14-11(18)13-8-4-6(15(19)20)2-3-7(8)12/h2-4,9H,5H2,1H3,(H,16,17)(H2,13,14,18). The van der Waals surface area contributed by atoms with E-state index in [0.717, 1.165) is 18.2 Å². The van der Waals surface area contributed by atoms with E-state index in [9.17, 15) is 24.1 Å². The summed E-state index contributed by atoms with van der Waals surface area (Å²) in [6.45, 7) is -0.291. The number of carbonyl (C=O) groups excluding carboxylic acids is 1. The van der Waals surface area contributed by atoms with E-state index in [1.54, 1.807) is 0 Å². The van der Waals surface area contributed by atoms with Gasteiger partial charge in [-0.2, -0.15) is 0 Å². The molecule has 10 heteroatoms. The number of nitro groups is 1. The number of hydrogen-bond donors (Lipinski definition) is 3. The molecule has 1 aromatic rings. The van der Waals surface area contributed by atoms with E-state index in [-0.39, 0.29) is 6.61 Å². The number of carbonyl (C=O) groups is 2. The van der Waals surface area contributed by atoms with Crippen LogP contribution in [0.5, 0.6) is 0 Å². The summed E-state index contributed by atoms with van der Waals surface area (Å²) in [5.41, 5.74) is -0.860. The zero-order valence-electron chi connectivity index (χ0n) is 10.8. The number of anilines is 1. The molecule has 1 atom stereocenters. The minimum atomic E-state index is -1.34. The van der Waals surface area contributed by atoms with Crippen LogP contribution in [0, 0.1) is 15.9 Å². The highest BCUT2D eigenvalue weighted by Gasteiger charge is 2.20. The number of nitrogens with one attached hydrogen (secondary N) is 2. The number of amides is 2. The van der Waals surface area contributed by atoms with Gasteiger partial charge in [0, 0.05) is 19.2 Å². The number of non-ortho nitro benzene ring substituents is 1. The number of ether oxygens (including phenoxy) is 1. The molecule has 0 aliphatic carbocycles. The van der Waals surface area contributed by atoms with E-state index in [4.69, 9.17) is 5.11 Å². The third-order valence-corrected chi connectivity index (χ3v) is 2.35. The maximum Gasteiger partial charge on any atom is 0.328 e. The molecular formula is C11H12FN3O6. The highest BCUT2D eigenvalue weighted by Crippen LogP contribution is 2.21. The predicted molar refractivity (Wildman–Crippen MR) is 68.5 cm³/mol. The van der Waals surface area contributed by atoms with Crippen LogP contribution >= 0.6 is 0 Å². The van der Waals surface area contributed by atoms with Crippen LogP contribution in [0.25, 0.3) is 0 Å². The molecule has 0 heterocycles. The fourth-order valence-electron chi connectivity index (χ4n) is 1.38. The Kier molecular flexibility index (Phi) is 5.55. The Morgan fingerprint density at radius 1 is 1.52 bits per heavy atom. The van der Waals surface area contributed by atoms with Crippen molar-refractivity contribution in [3.63, 3.8) is 0 Å². The minimum Gasteiger partial charge on any atom is -0.480 e. The molecule has 1 rings (SSSR count). The largest absolute Gasteiger partial charge is 0.480 e. The molecule has 21 heavy (non-hydrogen) atoms. The number of rotatable bonds is 6. The van der Waals surface area contributed by atoms with E-state index in [2.05, 4.69) is 4.74 Å². The fraction of sp³-hybridized carbons (Fsp3) is 0.273. The van der Waals surface area contributed by atoms with Crippen LogP contribution in [0.4, 0.5) is 20.6 Å². The number of urea groups is 1. The molecule has 0 radical (unpaired) electrons. The first-order valence-corrected chi connectivity index (χ1v) is 5.58. The molecule has 0 bridgehead atoms. The Morgan fingerprint density at radius 2 is 2.19 bits per heavy atom. The van der Waals surface area contributed by atoms with Gasteiger partial charge in [0.25, 0.3) is 5.69 Å². The van der Waals surface area contributed by atoms with Gasteiger partial charge in [0.2, 0.25) is 0 Å². The lowest BCUT2D eigenvalue weighted by Gasteiger charge is -2.14. The van der Waals surface area contributed by atoms with E-state index < -0.39 is 40.2 Å². The lowest BCUT2D eigenvalue weighted by atomic mass is 10.2. The Bertz CT molecular complexity index is 565. The number of benzene rings is 1. The topological polar surface area (TPSA) is 131 Å². The monoisotopic (exact) mass is 301 g/mol. The lowest BCUT2D eigenvalue weighted by molar-refractivity contribution is -0.384. The molecule has 1 unspecified atom stereocenters. The van der Waals surface area contributed by atoms with Crippen LogP contribution in [-0.2, 0) is 9.53 Å². The summed E-state index contributed by atoms with van der Waals surface area (Å²) in [5.74, 6) is -2.24. The zero-order valence-corrected chi connectivity index (χ0v) is 10.8. The number of halogens is 1. The van der Waals surface area contributed by atoms with Gasteiger partial charge >= 0.3 is 12.0 Å². The van der Waals surface area contributed by atoms with Gasteiger partial charge in [-0.05, 0) is 6.07 Å². The smallest absolute Gasteiger partial charge is 0.328 e. The summed E-state index contributed by atoms with van der Waals surface area (Å²) in [5, 5.41) is 23.4. The Labute approximate surface area is 117 Å². The average molecular weight is 301 g/mol. The SMILES string of the molecule is COCC(NC(=O)Nc1cc([N+](=O)[O-])ccc1F)C(=O)O. The lowest BCUT2D eigenvalue weighted by Crippen LogP contribution is -2.45. The van der Waals surface area contributed by atoms with Crippen LogP contribution in [0.2, 0.25) is 0 Å². The van der Waals surface area contributed by atoms with E-state index in [1.165, 1.54) is 7.11 Å². The first-order valence-electron chi connectivity index (χ1n) is 5.58. The number of nitro benzene ring substituents is 1. The predicted octanol–water partition coefficient (Wildman–Crippen LogP) is 0.955. The second kappa shape index (κ2) is 7.14. The molecule has 0 aliphatic heterocycles. The van der Waals surface area contributed by atoms with Gasteiger partial charge in [0.1, 0.15) is 5.82 Å². The molecule has 1 aromatic carbocycles. The van der Waals surface area contributed by atoms with Crippen molar-refractivity contribution in [2.24, 2.45) is 0 Å². The van der Waals surface area contributed by atoms with Crippen molar-refractivity contribution in [2.45, 2.75) is 6.04 Å².